The number of para-hydroxylation sites is 1. The van der Waals surface area contributed by atoms with Crippen LogP contribution >= 0.6 is 0 Å². The Labute approximate surface area is 189 Å². The summed E-state index contributed by atoms with van der Waals surface area (Å²) < 4.78 is 12.9. The molecule has 0 fully saturated rings. The number of carbonyl (C=O) groups is 2. The largest absolute Gasteiger partial charge is 0.455 e. The average Bonchev–Trinajstić information content (AvgIpc) is 3.28. The van der Waals surface area contributed by atoms with E-state index in [1.807, 2.05) is 44.2 Å². The third-order valence-electron chi connectivity index (χ3n) is 5.16. The summed E-state index contributed by atoms with van der Waals surface area (Å²) in [5.41, 5.74) is 1.13. The van der Waals surface area contributed by atoms with Crippen LogP contribution in [0.4, 0.5) is 5.82 Å². The van der Waals surface area contributed by atoms with E-state index < -0.39 is 18.5 Å². The first kappa shape index (κ1) is 22.0. The lowest BCUT2D eigenvalue weighted by molar-refractivity contribution is -0.119. The number of aromatic nitrogens is 2. The fraction of sp³-hybridized carbons (Fsp3) is 0.200. The zero-order valence-corrected chi connectivity index (χ0v) is 18.5. The number of ether oxygens (including phenoxy) is 1. The van der Waals surface area contributed by atoms with Crippen molar-refractivity contribution in [3.8, 4) is 11.3 Å². The average molecular weight is 445 g/mol. The van der Waals surface area contributed by atoms with Gasteiger partial charge in [-0.2, -0.15) is 5.10 Å². The van der Waals surface area contributed by atoms with Crippen LogP contribution in [0.25, 0.3) is 22.3 Å². The van der Waals surface area contributed by atoms with Crippen LogP contribution in [0.3, 0.4) is 0 Å². The Morgan fingerprint density at radius 3 is 2.58 bits per heavy atom. The Balaban J connectivity index is 1.59. The number of fused-ring (bicyclic) bond motifs is 1. The molecule has 2 heterocycles. The molecule has 33 heavy (non-hydrogen) atoms. The van der Waals surface area contributed by atoms with Crippen molar-refractivity contribution < 1.29 is 18.7 Å². The molecular formula is C25H23N3O5. The Kier molecular flexibility index (Phi) is 6.08. The molecule has 0 unspecified atom stereocenters. The molecule has 1 amide bonds. The number of hydrogen-bond donors (Lipinski definition) is 1. The van der Waals surface area contributed by atoms with Crippen molar-refractivity contribution in [2.45, 2.75) is 26.8 Å². The third kappa shape index (κ3) is 4.41. The molecule has 0 radical (unpaired) electrons. The van der Waals surface area contributed by atoms with Gasteiger partial charge >= 0.3 is 5.97 Å². The minimum atomic E-state index is -0.765. The number of nitrogens with zero attached hydrogens (tertiary/aromatic N) is 2. The van der Waals surface area contributed by atoms with Gasteiger partial charge in [-0.1, -0.05) is 36.4 Å². The number of nitrogens with one attached hydrogen (secondary N) is 1. The lowest BCUT2D eigenvalue weighted by Crippen LogP contribution is -2.23. The summed E-state index contributed by atoms with van der Waals surface area (Å²) in [4.78, 5) is 38.1. The number of esters is 1. The lowest BCUT2D eigenvalue weighted by atomic mass is 10.0. The zero-order chi connectivity index (χ0) is 23.5. The van der Waals surface area contributed by atoms with Crippen LogP contribution in [0, 0.1) is 6.92 Å². The predicted octanol–water partition coefficient (Wildman–Crippen LogP) is 4.34. The van der Waals surface area contributed by atoms with E-state index >= 15 is 0 Å². The first-order valence-corrected chi connectivity index (χ1v) is 10.5. The fourth-order valence-corrected chi connectivity index (χ4v) is 3.55. The molecule has 0 saturated carbocycles. The van der Waals surface area contributed by atoms with Gasteiger partial charge in [0.1, 0.15) is 17.1 Å². The molecule has 0 bridgehead atoms. The molecular weight excluding hydrogens is 422 g/mol. The van der Waals surface area contributed by atoms with Crippen LogP contribution in [0.2, 0.25) is 0 Å². The number of hydrogen-bond acceptors (Lipinski definition) is 6. The van der Waals surface area contributed by atoms with E-state index in [1.165, 1.54) is 6.07 Å². The van der Waals surface area contributed by atoms with Gasteiger partial charge in [0.05, 0.1) is 11.6 Å². The smallest absolute Gasteiger partial charge is 0.342 e. The van der Waals surface area contributed by atoms with Crippen molar-refractivity contribution in [1.82, 2.24) is 9.78 Å². The SMILES string of the molecule is Cc1c(-c2ccccc2)oc2c(C(=O)OCC(=O)Nc3ccnn3C(C)C)cccc2c1=O. The quantitative estimate of drug-likeness (QED) is 0.443. The number of anilines is 1. The van der Waals surface area contributed by atoms with E-state index in [0.29, 0.717) is 17.1 Å². The Morgan fingerprint density at radius 1 is 1.09 bits per heavy atom. The molecule has 0 aliphatic heterocycles. The van der Waals surface area contributed by atoms with Crippen molar-refractivity contribution >= 4 is 28.7 Å². The number of carbonyl (C=O) groups excluding carboxylic acids is 2. The Hall–Kier alpha value is -4.20. The van der Waals surface area contributed by atoms with Crippen LogP contribution in [-0.4, -0.2) is 28.3 Å². The maximum atomic E-state index is 12.9. The molecule has 8 nitrogen and oxygen atoms in total. The summed E-state index contributed by atoms with van der Waals surface area (Å²) in [5, 5.41) is 7.09. The molecule has 4 aromatic rings. The van der Waals surface area contributed by atoms with Gasteiger partial charge in [-0.25, -0.2) is 9.48 Å². The first-order valence-electron chi connectivity index (χ1n) is 10.5. The standard InChI is InChI=1S/C25H23N3O5/c1-15(2)28-20(12-13-26-28)27-21(29)14-32-25(31)19-11-7-10-18-22(30)16(3)23(33-24(18)19)17-8-5-4-6-9-17/h4-13,15H,14H2,1-3H3,(H,27,29). The van der Waals surface area contributed by atoms with E-state index in [4.69, 9.17) is 9.15 Å². The van der Waals surface area contributed by atoms with Crippen LogP contribution in [0.15, 0.2) is 70.0 Å². The maximum Gasteiger partial charge on any atom is 0.342 e. The van der Waals surface area contributed by atoms with Crippen molar-refractivity contribution in [1.29, 1.82) is 0 Å². The van der Waals surface area contributed by atoms with Crippen LogP contribution < -0.4 is 10.7 Å². The molecule has 2 aromatic carbocycles. The highest BCUT2D eigenvalue weighted by Gasteiger charge is 2.20. The monoisotopic (exact) mass is 445 g/mol. The van der Waals surface area contributed by atoms with Crippen molar-refractivity contribution in [2.24, 2.45) is 0 Å². The van der Waals surface area contributed by atoms with E-state index in [-0.39, 0.29) is 28.0 Å². The summed E-state index contributed by atoms with van der Waals surface area (Å²) >= 11 is 0. The van der Waals surface area contributed by atoms with Gasteiger partial charge in [0.15, 0.2) is 17.6 Å². The highest BCUT2D eigenvalue weighted by molar-refractivity contribution is 6.03. The second-order valence-electron chi connectivity index (χ2n) is 7.81. The molecule has 0 atom stereocenters. The van der Waals surface area contributed by atoms with Gasteiger partial charge < -0.3 is 14.5 Å². The number of amides is 1. The zero-order valence-electron chi connectivity index (χ0n) is 18.5. The third-order valence-corrected chi connectivity index (χ3v) is 5.16. The first-order chi connectivity index (χ1) is 15.9. The minimum absolute atomic E-state index is 0.0544. The van der Waals surface area contributed by atoms with Gasteiger partial charge in [0.25, 0.3) is 5.91 Å². The molecule has 8 heteroatoms. The van der Waals surface area contributed by atoms with Crippen LogP contribution in [0.1, 0.15) is 35.8 Å². The van der Waals surface area contributed by atoms with E-state index in [1.54, 1.807) is 36.0 Å². The van der Waals surface area contributed by atoms with Gasteiger partial charge in [-0.15, -0.1) is 0 Å². The molecule has 168 valence electrons. The summed E-state index contributed by atoms with van der Waals surface area (Å²) in [5.74, 6) is -0.384. The van der Waals surface area contributed by atoms with E-state index in [0.717, 1.165) is 5.56 Å². The van der Waals surface area contributed by atoms with Gasteiger partial charge in [-0.05, 0) is 32.9 Å². The molecule has 1 N–H and O–H groups in total. The van der Waals surface area contributed by atoms with Crippen molar-refractivity contribution in [3.05, 3.63) is 82.1 Å². The maximum absolute atomic E-state index is 12.9. The normalized spacial score (nSPS) is 11.0. The topological polar surface area (TPSA) is 103 Å². The highest BCUT2D eigenvalue weighted by atomic mass is 16.5. The Morgan fingerprint density at radius 2 is 1.85 bits per heavy atom. The molecule has 0 spiro atoms. The van der Waals surface area contributed by atoms with Crippen LogP contribution in [-0.2, 0) is 9.53 Å². The van der Waals surface area contributed by atoms with Gasteiger partial charge in [0, 0.05) is 23.2 Å². The highest BCUT2D eigenvalue weighted by Crippen LogP contribution is 2.27. The van der Waals surface area contributed by atoms with Crippen molar-refractivity contribution in [2.75, 3.05) is 11.9 Å². The lowest BCUT2D eigenvalue weighted by Gasteiger charge is -2.12. The molecule has 0 aliphatic carbocycles. The van der Waals surface area contributed by atoms with Crippen molar-refractivity contribution in [3.63, 3.8) is 0 Å². The minimum Gasteiger partial charge on any atom is -0.455 e. The van der Waals surface area contributed by atoms with Crippen LogP contribution in [0.5, 0.6) is 0 Å². The molecule has 0 saturated heterocycles. The second-order valence-corrected chi connectivity index (χ2v) is 7.81. The summed E-state index contributed by atoms with van der Waals surface area (Å²) in [7, 11) is 0. The summed E-state index contributed by atoms with van der Waals surface area (Å²) in [6.07, 6.45) is 1.58. The molecule has 0 aliphatic rings. The van der Waals surface area contributed by atoms with Gasteiger partial charge in [0.2, 0.25) is 0 Å². The van der Waals surface area contributed by atoms with Gasteiger partial charge in [-0.3, -0.25) is 9.59 Å². The van der Waals surface area contributed by atoms with E-state index in [9.17, 15) is 14.4 Å². The molecule has 2 aromatic heterocycles. The number of rotatable bonds is 6. The Bertz CT molecular complexity index is 1390. The molecule has 4 rings (SSSR count). The summed E-state index contributed by atoms with van der Waals surface area (Å²) in [6, 6.07) is 15.6. The predicted molar refractivity (Wildman–Crippen MR) is 124 cm³/mol. The fourth-order valence-electron chi connectivity index (χ4n) is 3.55. The number of benzene rings is 2. The summed E-state index contributed by atoms with van der Waals surface area (Å²) in [6.45, 7) is 5.05. The van der Waals surface area contributed by atoms with E-state index in [2.05, 4.69) is 10.4 Å². The second kappa shape index (κ2) is 9.12.